The summed E-state index contributed by atoms with van der Waals surface area (Å²) in [6.07, 6.45) is 1.66. The number of aryl methyl sites for hydroxylation is 2. The van der Waals surface area contributed by atoms with Gasteiger partial charge in [-0.15, -0.1) is 0 Å². The van der Waals surface area contributed by atoms with Gasteiger partial charge < -0.3 is 15.4 Å². The second-order valence-electron chi connectivity index (χ2n) is 5.82. The smallest absolute Gasteiger partial charge is 0.339 e. The van der Waals surface area contributed by atoms with Crippen LogP contribution in [0.1, 0.15) is 21.5 Å². The molecule has 0 fully saturated rings. The summed E-state index contributed by atoms with van der Waals surface area (Å²) in [4.78, 5) is 20.7. The molecule has 0 saturated heterocycles. The van der Waals surface area contributed by atoms with Gasteiger partial charge in [0, 0.05) is 11.9 Å². The van der Waals surface area contributed by atoms with Crippen LogP contribution in [0.4, 0.5) is 23.1 Å². The van der Waals surface area contributed by atoms with Gasteiger partial charge in [-0.2, -0.15) is 4.98 Å². The summed E-state index contributed by atoms with van der Waals surface area (Å²) in [5, 5.41) is 6.41. The van der Waals surface area contributed by atoms with E-state index in [2.05, 4.69) is 20.6 Å². The number of ether oxygens (including phenoxy) is 1. The predicted octanol–water partition coefficient (Wildman–Crippen LogP) is 4.37. The Balaban J connectivity index is 1.86. The van der Waals surface area contributed by atoms with Crippen LogP contribution < -0.4 is 10.6 Å². The van der Waals surface area contributed by atoms with E-state index in [0.29, 0.717) is 23.0 Å². The van der Waals surface area contributed by atoms with Crippen molar-refractivity contribution in [2.45, 2.75) is 13.8 Å². The van der Waals surface area contributed by atoms with Crippen molar-refractivity contribution in [3.8, 4) is 0 Å². The Morgan fingerprint density at radius 3 is 2.42 bits per heavy atom. The molecule has 0 aliphatic rings. The fourth-order valence-electron chi connectivity index (χ4n) is 2.63. The molecule has 0 saturated carbocycles. The molecule has 2 aromatic carbocycles. The maximum atomic E-state index is 11.9. The van der Waals surface area contributed by atoms with Gasteiger partial charge in [0.25, 0.3) is 0 Å². The van der Waals surface area contributed by atoms with E-state index in [0.717, 1.165) is 16.8 Å². The topological polar surface area (TPSA) is 76.1 Å². The van der Waals surface area contributed by atoms with Gasteiger partial charge in [-0.3, -0.25) is 0 Å². The number of carbonyl (C=O) groups excluding carboxylic acids is 1. The molecule has 0 atom stereocenters. The number of hydrogen-bond acceptors (Lipinski definition) is 6. The van der Waals surface area contributed by atoms with Crippen molar-refractivity contribution in [3.05, 3.63) is 71.4 Å². The van der Waals surface area contributed by atoms with Gasteiger partial charge in [-0.25, -0.2) is 9.78 Å². The SMILES string of the molecule is COC(=O)c1ccccc1Nc1ccnc(Nc2c(C)cccc2C)n1. The Morgan fingerprint density at radius 1 is 0.962 bits per heavy atom. The molecule has 0 bridgehead atoms. The van der Waals surface area contributed by atoms with Gasteiger partial charge in [0.15, 0.2) is 0 Å². The Morgan fingerprint density at radius 2 is 1.69 bits per heavy atom. The lowest BCUT2D eigenvalue weighted by atomic mass is 10.1. The van der Waals surface area contributed by atoms with Crippen molar-refractivity contribution >= 4 is 29.1 Å². The summed E-state index contributed by atoms with van der Waals surface area (Å²) < 4.78 is 4.82. The Kier molecular flexibility index (Phi) is 5.12. The highest BCUT2D eigenvalue weighted by Gasteiger charge is 2.12. The second-order valence-corrected chi connectivity index (χ2v) is 5.82. The highest BCUT2D eigenvalue weighted by Crippen LogP contribution is 2.24. The van der Waals surface area contributed by atoms with Crippen LogP contribution in [0.2, 0.25) is 0 Å². The molecule has 0 aliphatic heterocycles. The van der Waals surface area contributed by atoms with Crippen LogP contribution in [-0.4, -0.2) is 23.0 Å². The maximum Gasteiger partial charge on any atom is 0.339 e. The monoisotopic (exact) mass is 348 g/mol. The molecular weight excluding hydrogens is 328 g/mol. The molecule has 0 aliphatic carbocycles. The Hall–Kier alpha value is -3.41. The molecule has 1 aromatic heterocycles. The number of aromatic nitrogens is 2. The number of anilines is 4. The summed E-state index contributed by atoms with van der Waals surface area (Å²) in [7, 11) is 1.36. The number of hydrogen-bond donors (Lipinski definition) is 2. The molecule has 132 valence electrons. The van der Waals surface area contributed by atoms with E-state index < -0.39 is 5.97 Å². The quantitative estimate of drug-likeness (QED) is 0.667. The van der Waals surface area contributed by atoms with Crippen LogP contribution >= 0.6 is 0 Å². The van der Waals surface area contributed by atoms with Crippen LogP contribution in [0, 0.1) is 13.8 Å². The van der Waals surface area contributed by atoms with Crippen LogP contribution in [0.15, 0.2) is 54.7 Å². The normalized spacial score (nSPS) is 10.3. The number of esters is 1. The molecule has 1 heterocycles. The molecule has 0 amide bonds. The number of rotatable bonds is 5. The lowest BCUT2D eigenvalue weighted by Crippen LogP contribution is -2.07. The van der Waals surface area contributed by atoms with Crippen LogP contribution in [0.25, 0.3) is 0 Å². The highest BCUT2D eigenvalue weighted by molar-refractivity contribution is 5.96. The van der Waals surface area contributed by atoms with Crippen LogP contribution in [0.3, 0.4) is 0 Å². The van der Waals surface area contributed by atoms with E-state index in [4.69, 9.17) is 4.74 Å². The summed E-state index contributed by atoms with van der Waals surface area (Å²) in [6.45, 7) is 4.06. The Labute approximate surface area is 152 Å². The van der Waals surface area contributed by atoms with Crippen molar-refractivity contribution in [1.29, 1.82) is 0 Å². The molecule has 6 heteroatoms. The van der Waals surface area contributed by atoms with Gasteiger partial charge in [0.1, 0.15) is 5.82 Å². The molecule has 0 unspecified atom stereocenters. The van der Waals surface area contributed by atoms with E-state index >= 15 is 0 Å². The first-order valence-corrected chi connectivity index (χ1v) is 8.19. The summed E-state index contributed by atoms with van der Waals surface area (Å²) in [5.74, 6) is 0.643. The van der Waals surface area contributed by atoms with Crippen molar-refractivity contribution in [2.24, 2.45) is 0 Å². The lowest BCUT2D eigenvalue weighted by Gasteiger charge is -2.13. The van der Waals surface area contributed by atoms with Crippen molar-refractivity contribution in [3.63, 3.8) is 0 Å². The highest BCUT2D eigenvalue weighted by atomic mass is 16.5. The first-order chi connectivity index (χ1) is 12.6. The zero-order valence-electron chi connectivity index (χ0n) is 14.9. The zero-order chi connectivity index (χ0) is 18.5. The molecule has 6 nitrogen and oxygen atoms in total. The molecule has 3 rings (SSSR count). The van der Waals surface area contributed by atoms with E-state index in [1.165, 1.54) is 7.11 Å². The molecule has 3 aromatic rings. The fraction of sp³-hybridized carbons (Fsp3) is 0.150. The third kappa shape index (κ3) is 3.80. The summed E-state index contributed by atoms with van der Waals surface area (Å²) in [5.41, 5.74) is 4.28. The summed E-state index contributed by atoms with van der Waals surface area (Å²) in [6, 6.07) is 14.9. The molecule has 0 radical (unpaired) electrons. The van der Waals surface area contributed by atoms with Crippen molar-refractivity contribution in [2.75, 3.05) is 17.7 Å². The number of para-hydroxylation sites is 2. The maximum absolute atomic E-state index is 11.9. The van der Waals surface area contributed by atoms with Gasteiger partial charge >= 0.3 is 5.97 Å². The lowest BCUT2D eigenvalue weighted by molar-refractivity contribution is 0.0602. The fourth-order valence-corrected chi connectivity index (χ4v) is 2.63. The molecular formula is C20H20N4O2. The average molecular weight is 348 g/mol. The van der Waals surface area contributed by atoms with Crippen LogP contribution in [-0.2, 0) is 4.74 Å². The zero-order valence-corrected chi connectivity index (χ0v) is 14.9. The third-order valence-electron chi connectivity index (χ3n) is 3.97. The van der Waals surface area contributed by atoms with Gasteiger partial charge in [-0.1, -0.05) is 30.3 Å². The second kappa shape index (κ2) is 7.65. The van der Waals surface area contributed by atoms with Gasteiger partial charge in [0.2, 0.25) is 5.95 Å². The minimum atomic E-state index is -0.406. The number of nitrogens with zero attached hydrogens (tertiary/aromatic N) is 2. The van der Waals surface area contributed by atoms with E-state index in [1.807, 2.05) is 38.1 Å². The largest absolute Gasteiger partial charge is 0.465 e. The number of benzene rings is 2. The van der Waals surface area contributed by atoms with Crippen molar-refractivity contribution in [1.82, 2.24) is 9.97 Å². The minimum Gasteiger partial charge on any atom is -0.465 e. The number of carbonyl (C=O) groups is 1. The van der Waals surface area contributed by atoms with Crippen LogP contribution in [0.5, 0.6) is 0 Å². The predicted molar refractivity (Wildman–Crippen MR) is 102 cm³/mol. The van der Waals surface area contributed by atoms with Gasteiger partial charge in [-0.05, 0) is 43.2 Å². The van der Waals surface area contributed by atoms with E-state index in [9.17, 15) is 4.79 Å². The standard InChI is InChI=1S/C20H20N4O2/c1-13-7-6-8-14(2)18(13)24-20-21-12-11-17(23-20)22-16-10-5-4-9-15(16)19(25)26-3/h4-12H,1-3H3,(H2,21,22,23,24). The number of methoxy groups -OCH3 is 1. The van der Waals surface area contributed by atoms with E-state index in [-0.39, 0.29) is 0 Å². The average Bonchev–Trinajstić information content (AvgIpc) is 2.65. The first-order valence-electron chi connectivity index (χ1n) is 8.19. The van der Waals surface area contributed by atoms with Crippen molar-refractivity contribution < 1.29 is 9.53 Å². The first kappa shape index (κ1) is 17.4. The molecule has 26 heavy (non-hydrogen) atoms. The minimum absolute atomic E-state index is 0.406. The van der Waals surface area contributed by atoms with Gasteiger partial charge in [0.05, 0.1) is 18.4 Å². The third-order valence-corrected chi connectivity index (χ3v) is 3.97. The summed E-state index contributed by atoms with van der Waals surface area (Å²) >= 11 is 0. The van der Waals surface area contributed by atoms with E-state index in [1.54, 1.807) is 30.5 Å². The molecule has 2 N–H and O–H groups in total. The Bertz CT molecular complexity index is 920. The number of nitrogens with one attached hydrogen (secondary N) is 2. The molecule has 0 spiro atoms.